The molecule has 4 rings (SSSR count). The van der Waals surface area contributed by atoms with Crippen LogP contribution in [0.25, 0.3) is 11.1 Å². The molecule has 1 atom stereocenters. The summed E-state index contributed by atoms with van der Waals surface area (Å²) >= 11 is 0. The van der Waals surface area contributed by atoms with Gasteiger partial charge in [-0.25, -0.2) is 8.78 Å². The van der Waals surface area contributed by atoms with Gasteiger partial charge in [-0.1, -0.05) is 13.0 Å². The molecule has 6 N–H and O–H groups in total. The molecule has 1 aromatic heterocycles. The maximum absolute atomic E-state index is 14.1. The second-order valence-corrected chi connectivity index (χ2v) is 7.50. The topological polar surface area (TPSA) is 98.8 Å². The van der Waals surface area contributed by atoms with Crippen LogP contribution in [0.15, 0.2) is 42.7 Å². The van der Waals surface area contributed by atoms with Crippen molar-refractivity contribution >= 4 is 22.8 Å². The van der Waals surface area contributed by atoms with Crippen LogP contribution in [0, 0.1) is 24.0 Å². The molecule has 0 fully saturated rings. The van der Waals surface area contributed by atoms with Crippen LogP contribution in [-0.4, -0.2) is 23.4 Å². The van der Waals surface area contributed by atoms with Crippen LogP contribution in [0.2, 0.25) is 0 Å². The zero-order valence-electron chi connectivity index (χ0n) is 17.3. The highest BCUT2D eigenvalue weighted by Crippen LogP contribution is 2.34. The number of pyridine rings is 1. The molecule has 0 aliphatic carbocycles. The molecule has 0 saturated carbocycles. The van der Waals surface area contributed by atoms with E-state index in [1.54, 1.807) is 12.3 Å². The van der Waals surface area contributed by atoms with Crippen molar-refractivity contribution in [1.82, 2.24) is 10.3 Å². The summed E-state index contributed by atoms with van der Waals surface area (Å²) in [7, 11) is 0. The Kier molecular flexibility index (Phi) is 5.56. The van der Waals surface area contributed by atoms with E-state index in [1.165, 1.54) is 6.07 Å². The third kappa shape index (κ3) is 3.94. The van der Waals surface area contributed by atoms with Crippen molar-refractivity contribution in [2.24, 2.45) is 0 Å². The molecule has 31 heavy (non-hydrogen) atoms. The van der Waals surface area contributed by atoms with Crippen LogP contribution in [-0.2, 0) is 6.54 Å². The van der Waals surface area contributed by atoms with Crippen LogP contribution >= 0.6 is 0 Å². The number of nitrogens with one attached hydrogen (secondary N) is 4. The minimum atomic E-state index is -0.733. The van der Waals surface area contributed by atoms with Gasteiger partial charge in [0, 0.05) is 41.8 Å². The molecular formula is C23H24F2N6. The fourth-order valence-corrected chi connectivity index (χ4v) is 3.72. The molecule has 160 valence electrons. The molecule has 1 aliphatic rings. The minimum Gasteiger partial charge on any atom is -0.398 e. The summed E-state index contributed by atoms with van der Waals surface area (Å²) in [4.78, 5) is 4.37. The van der Waals surface area contributed by atoms with Crippen molar-refractivity contribution < 1.29 is 8.78 Å². The van der Waals surface area contributed by atoms with Crippen LogP contribution in [0.3, 0.4) is 0 Å². The summed E-state index contributed by atoms with van der Waals surface area (Å²) in [6.45, 7) is 5.67. The molecule has 0 saturated heterocycles. The van der Waals surface area contributed by atoms with Crippen molar-refractivity contribution in [2.45, 2.75) is 26.6 Å². The van der Waals surface area contributed by atoms with E-state index in [9.17, 15) is 8.78 Å². The number of rotatable bonds is 6. The van der Waals surface area contributed by atoms with Crippen molar-refractivity contribution in [1.29, 1.82) is 5.41 Å². The number of hydrogen-bond donors (Lipinski definition) is 5. The zero-order chi connectivity index (χ0) is 22.1. The monoisotopic (exact) mass is 422 g/mol. The summed E-state index contributed by atoms with van der Waals surface area (Å²) in [6, 6.07) is 7.49. The minimum absolute atomic E-state index is 0.129. The first-order valence-corrected chi connectivity index (χ1v) is 10.0. The summed E-state index contributed by atoms with van der Waals surface area (Å²) in [5, 5.41) is 17.8. The molecular weight excluding hydrogens is 398 g/mol. The molecule has 2 heterocycles. The Morgan fingerprint density at radius 3 is 2.77 bits per heavy atom. The number of hydrogen-bond acceptors (Lipinski definition) is 6. The average Bonchev–Trinajstić information content (AvgIpc) is 3.17. The van der Waals surface area contributed by atoms with Gasteiger partial charge in [-0.05, 0) is 48.4 Å². The van der Waals surface area contributed by atoms with Crippen molar-refractivity contribution in [2.75, 3.05) is 22.9 Å². The van der Waals surface area contributed by atoms with Gasteiger partial charge in [-0.2, -0.15) is 0 Å². The van der Waals surface area contributed by atoms with Crippen LogP contribution in [0.5, 0.6) is 0 Å². The smallest absolute Gasteiger partial charge is 0.151 e. The Balaban J connectivity index is 1.65. The standard InChI is InChI=1S/C23H24F2N6/c1-3-28-9-14-10-29-11-17(12(14)2)13-4-5-19(26)16(6-13)21(27)23-30-20-8-15(24)7-18(25)22(20)31-23/h4-8,10-11,23,27-28,30-31H,3,9,26H2,1-2H3. The molecule has 0 bridgehead atoms. The van der Waals surface area contributed by atoms with Gasteiger partial charge in [-0.3, -0.25) is 4.98 Å². The predicted octanol–water partition coefficient (Wildman–Crippen LogP) is 4.26. The maximum atomic E-state index is 14.1. The SMILES string of the molecule is CCNCc1cncc(-c2ccc(N)c(C(=N)C3Nc4cc(F)cc(F)c4N3)c2)c1C. The number of benzene rings is 2. The molecule has 0 amide bonds. The van der Waals surface area contributed by atoms with Gasteiger partial charge in [-0.15, -0.1) is 0 Å². The third-order valence-corrected chi connectivity index (χ3v) is 5.47. The van der Waals surface area contributed by atoms with Crippen molar-refractivity contribution in [3.63, 3.8) is 0 Å². The Bertz CT molecular complexity index is 1160. The average molecular weight is 422 g/mol. The van der Waals surface area contributed by atoms with Gasteiger partial charge in [0.1, 0.15) is 12.0 Å². The third-order valence-electron chi connectivity index (χ3n) is 5.47. The zero-order valence-corrected chi connectivity index (χ0v) is 17.3. The summed E-state index contributed by atoms with van der Waals surface area (Å²) in [6.07, 6.45) is 2.91. The Hall–Kier alpha value is -3.52. The van der Waals surface area contributed by atoms with Gasteiger partial charge in [0.05, 0.1) is 17.1 Å². The predicted molar refractivity (Wildman–Crippen MR) is 120 cm³/mol. The molecule has 8 heteroatoms. The molecule has 6 nitrogen and oxygen atoms in total. The normalized spacial score (nSPS) is 14.6. The fourth-order valence-electron chi connectivity index (χ4n) is 3.72. The van der Waals surface area contributed by atoms with Gasteiger partial charge >= 0.3 is 0 Å². The lowest BCUT2D eigenvalue weighted by Crippen LogP contribution is -2.33. The fraction of sp³-hybridized carbons (Fsp3) is 0.217. The van der Waals surface area contributed by atoms with E-state index in [1.807, 2.05) is 32.2 Å². The number of anilines is 3. The van der Waals surface area contributed by atoms with Crippen LogP contribution in [0.4, 0.5) is 25.8 Å². The van der Waals surface area contributed by atoms with E-state index in [-0.39, 0.29) is 17.1 Å². The van der Waals surface area contributed by atoms with E-state index in [0.717, 1.165) is 41.4 Å². The highest BCUT2D eigenvalue weighted by atomic mass is 19.1. The summed E-state index contributed by atoms with van der Waals surface area (Å²) < 4.78 is 27.6. The van der Waals surface area contributed by atoms with Crippen molar-refractivity contribution in [3.05, 3.63) is 71.1 Å². The molecule has 1 unspecified atom stereocenters. The van der Waals surface area contributed by atoms with Gasteiger partial charge in [0.25, 0.3) is 0 Å². The van der Waals surface area contributed by atoms with E-state index < -0.39 is 17.8 Å². The number of nitrogens with two attached hydrogens (primary N) is 1. The Morgan fingerprint density at radius 1 is 1.19 bits per heavy atom. The molecule has 3 aromatic rings. The molecule has 2 aromatic carbocycles. The Morgan fingerprint density at radius 2 is 2.00 bits per heavy atom. The first kappa shape index (κ1) is 20.7. The van der Waals surface area contributed by atoms with Crippen LogP contribution in [0.1, 0.15) is 23.6 Å². The van der Waals surface area contributed by atoms with E-state index in [0.29, 0.717) is 11.3 Å². The molecule has 0 spiro atoms. The summed E-state index contributed by atoms with van der Waals surface area (Å²) in [5.74, 6) is -1.39. The summed E-state index contributed by atoms with van der Waals surface area (Å²) in [5.41, 5.74) is 11.7. The number of nitrogens with zero attached hydrogens (tertiary/aromatic N) is 1. The van der Waals surface area contributed by atoms with Gasteiger partial charge in [0.2, 0.25) is 0 Å². The number of halogens is 2. The number of nitrogen functional groups attached to an aromatic ring is 1. The second kappa shape index (κ2) is 8.31. The number of fused-ring (bicyclic) bond motifs is 1. The van der Waals surface area contributed by atoms with Gasteiger partial charge < -0.3 is 27.1 Å². The first-order valence-electron chi connectivity index (χ1n) is 10.0. The largest absolute Gasteiger partial charge is 0.398 e. The van der Waals surface area contributed by atoms with E-state index >= 15 is 0 Å². The Labute approximate surface area is 179 Å². The lowest BCUT2D eigenvalue weighted by atomic mass is 9.95. The maximum Gasteiger partial charge on any atom is 0.151 e. The molecule has 1 aliphatic heterocycles. The van der Waals surface area contributed by atoms with Crippen molar-refractivity contribution in [3.8, 4) is 11.1 Å². The highest BCUT2D eigenvalue weighted by molar-refractivity contribution is 6.10. The lowest BCUT2D eigenvalue weighted by Gasteiger charge is -2.18. The highest BCUT2D eigenvalue weighted by Gasteiger charge is 2.28. The lowest BCUT2D eigenvalue weighted by molar-refractivity contribution is 0.587. The quantitative estimate of drug-likeness (QED) is 0.302. The molecule has 0 radical (unpaired) electrons. The van der Waals surface area contributed by atoms with E-state index in [2.05, 4.69) is 20.9 Å². The number of aromatic nitrogens is 1. The van der Waals surface area contributed by atoms with Gasteiger partial charge in [0.15, 0.2) is 5.82 Å². The first-order chi connectivity index (χ1) is 14.9. The van der Waals surface area contributed by atoms with E-state index in [4.69, 9.17) is 11.1 Å². The van der Waals surface area contributed by atoms with Crippen LogP contribution < -0.4 is 21.7 Å². The second-order valence-electron chi connectivity index (χ2n) is 7.50.